The molecule has 0 saturated heterocycles. The molecule has 0 amide bonds. The summed E-state index contributed by atoms with van der Waals surface area (Å²) in [5.41, 5.74) is 6.41. The summed E-state index contributed by atoms with van der Waals surface area (Å²) in [5, 5.41) is 5.49. The molecular weight excluding hydrogens is 258 g/mol. The second-order valence-electron chi connectivity index (χ2n) is 3.19. The summed E-state index contributed by atoms with van der Waals surface area (Å²) >= 11 is 3.50. The van der Waals surface area contributed by atoms with Gasteiger partial charge in [-0.15, -0.1) is 0 Å². The third-order valence-corrected chi connectivity index (χ3v) is 3.06. The summed E-state index contributed by atoms with van der Waals surface area (Å²) in [7, 11) is 1.65. The Morgan fingerprint density at radius 3 is 3.00 bits per heavy atom. The molecule has 0 spiro atoms. The summed E-state index contributed by atoms with van der Waals surface area (Å²) in [6.07, 6.45) is 0. The van der Waals surface area contributed by atoms with E-state index in [0.717, 1.165) is 21.3 Å². The largest absolute Gasteiger partial charge is 0.497 e. The Morgan fingerprint density at radius 2 is 2.33 bits per heavy atom. The van der Waals surface area contributed by atoms with E-state index in [2.05, 4.69) is 21.0 Å². The van der Waals surface area contributed by atoms with E-state index < -0.39 is 0 Å². The van der Waals surface area contributed by atoms with Gasteiger partial charge >= 0.3 is 0 Å². The Labute approximate surface area is 96.1 Å². The highest BCUT2D eigenvalue weighted by molar-refractivity contribution is 9.10. The zero-order chi connectivity index (χ0) is 10.8. The van der Waals surface area contributed by atoms with Crippen LogP contribution in [0, 0.1) is 0 Å². The molecule has 0 aliphatic rings. The van der Waals surface area contributed by atoms with Crippen LogP contribution in [0.2, 0.25) is 0 Å². The number of hydrogen-bond acceptors (Lipinski definition) is 3. The summed E-state index contributed by atoms with van der Waals surface area (Å²) in [5.74, 6) is 0.812. The second-order valence-corrected chi connectivity index (χ2v) is 3.94. The number of benzene rings is 1. The molecule has 0 atom stereocenters. The average molecular weight is 270 g/mol. The summed E-state index contributed by atoms with van der Waals surface area (Å²) < 4.78 is 7.96. The van der Waals surface area contributed by atoms with Crippen LogP contribution in [0.4, 0.5) is 0 Å². The number of rotatable bonds is 3. The Hall–Kier alpha value is -1.07. The predicted octanol–water partition coefficient (Wildman–Crippen LogP) is 1.77. The maximum absolute atomic E-state index is 5.50. The van der Waals surface area contributed by atoms with Crippen molar-refractivity contribution in [1.82, 2.24) is 9.78 Å². The number of nitrogens with zero attached hydrogens (tertiary/aromatic N) is 2. The van der Waals surface area contributed by atoms with Crippen LogP contribution in [0.15, 0.2) is 22.8 Å². The molecule has 2 N–H and O–H groups in total. The molecule has 1 heterocycles. The molecule has 2 aromatic rings. The molecule has 0 bridgehead atoms. The van der Waals surface area contributed by atoms with Gasteiger partial charge in [0.25, 0.3) is 0 Å². The van der Waals surface area contributed by atoms with Crippen LogP contribution < -0.4 is 10.5 Å². The van der Waals surface area contributed by atoms with Crippen molar-refractivity contribution >= 4 is 26.8 Å². The molecule has 0 unspecified atom stereocenters. The first-order valence-electron chi connectivity index (χ1n) is 4.66. The van der Waals surface area contributed by atoms with E-state index in [1.165, 1.54) is 0 Å². The van der Waals surface area contributed by atoms with E-state index in [1.54, 1.807) is 7.11 Å². The van der Waals surface area contributed by atoms with E-state index in [0.29, 0.717) is 13.1 Å². The zero-order valence-electron chi connectivity index (χ0n) is 8.40. The molecule has 0 aliphatic carbocycles. The van der Waals surface area contributed by atoms with Crippen LogP contribution in [0.1, 0.15) is 0 Å². The number of halogens is 1. The normalized spacial score (nSPS) is 10.9. The number of methoxy groups -OCH3 is 1. The fourth-order valence-electron chi connectivity index (χ4n) is 1.48. The topological polar surface area (TPSA) is 53.1 Å². The zero-order valence-corrected chi connectivity index (χ0v) is 9.99. The fraction of sp³-hybridized carbons (Fsp3) is 0.300. The number of nitrogens with two attached hydrogens (primary N) is 1. The number of aromatic nitrogens is 2. The Morgan fingerprint density at radius 1 is 1.53 bits per heavy atom. The first kappa shape index (κ1) is 10.4. The monoisotopic (exact) mass is 269 g/mol. The van der Waals surface area contributed by atoms with Gasteiger partial charge in [0.1, 0.15) is 10.4 Å². The van der Waals surface area contributed by atoms with Crippen LogP contribution in [0.3, 0.4) is 0 Å². The molecule has 15 heavy (non-hydrogen) atoms. The minimum Gasteiger partial charge on any atom is -0.497 e. The van der Waals surface area contributed by atoms with Gasteiger partial charge in [-0.3, -0.25) is 4.68 Å². The molecule has 1 aromatic heterocycles. The predicted molar refractivity (Wildman–Crippen MR) is 63.0 cm³/mol. The van der Waals surface area contributed by atoms with E-state index in [9.17, 15) is 0 Å². The third kappa shape index (κ3) is 1.85. The maximum Gasteiger partial charge on any atom is 0.121 e. The average Bonchev–Trinajstić information content (AvgIpc) is 2.56. The highest BCUT2D eigenvalue weighted by Gasteiger charge is 2.08. The van der Waals surface area contributed by atoms with Gasteiger partial charge in [-0.2, -0.15) is 5.10 Å². The Bertz CT molecular complexity index is 481. The number of fused-ring (bicyclic) bond motifs is 1. The molecule has 5 heteroatoms. The van der Waals surface area contributed by atoms with Crippen LogP contribution in [0.5, 0.6) is 5.75 Å². The quantitative estimate of drug-likeness (QED) is 0.924. The van der Waals surface area contributed by atoms with Gasteiger partial charge in [-0.25, -0.2) is 0 Å². The van der Waals surface area contributed by atoms with Crippen LogP contribution in [-0.2, 0) is 6.54 Å². The minimum absolute atomic E-state index is 0.573. The number of hydrogen-bond donors (Lipinski definition) is 1. The highest BCUT2D eigenvalue weighted by atomic mass is 79.9. The molecule has 80 valence electrons. The van der Waals surface area contributed by atoms with Gasteiger partial charge < -0.3 is 10.5 Å². The van der Waals surface area contributed by atoms with Crippen molar-refractivity contribution in [3.05, 3.63) is 22.8 Å². The molecule has 0 fully saturated rings. The Kier molecular flexibility index (Phi) is 2.93. The van der Waals surface area contributed by atoms with Gasteiger partial charge in [0.2, 0.25) is 0 Å². The number of ether oxygens (including phenoxy) is 1. The first-order chi connectivity index (χ1) is 7.26. The van der Waals surface area contributed by atoms with Crippen molar-refractivity contribution < 1.29 is 4.74 Å². The van der Waals surface area contributed by atoms with Crippen LogP contribution >= 0.6 is 15.9 Å². The molecule has 2 rings (SSSR count). The van der Waals surface area contributed by atoms with Gasteiger partial charge in [0.05, 0.1) is 19.2 Å². The lowest BCUT2D eigenvalue weighted by Gasteiger charge is -1.98. The highest BCUT2D eigenvalue weighted by Crippen LogP contribution is 2.26. The third-order valence-electron chi connectivity index (χ3n) is 2.22. The Balaban J connectivity index is 2.55. The van der Waals surface area contributed by atoms with E-state index in [4.69, 9.17) is 10.5 Å². The van der Waals surface area contributed by atoms with Crippen LogP contribution in [0.25, 0.3) is 10.9 Å². The molecule has 1 aromatic carbocycles. The molecule has 0 saturated carbocycles. The summed E-state index contributed by atoms with van der Waals surface area (Å²) in [4.78, 5) is 0. The second kappa shape index (κ2) is 4.20. The smallest absolute Gasteiger partial charge is 0.121 e. The summed E-state index contributed by atoms with van der Waals surface area (Å²) in [6, 6.07) is 5.81. The van der Waals surface area contributed by atoms with Gasteiger partial charge in [0.15, 0.2) is 0 Å². The van der Waals surface area contributed by atoms with Crippen molar-refractivity contribution in [1.29, 1.82) is 0 Å². The minimum atomic E-state index is 0.573. The fourth-order valence-corrected chi connectivity index (χ4v) is 2.07. The van der Waals surface area contributed by atoms with E-state index in [-0.39, 0.29) is 0 Å². The van der Waals surface area contributed by atoms with Gasteiger partial charge in [0, 0.05) is 18.0 Å². The molecule has 4 nitrogen and oxygen atoms in total. The molecule has 0 radical (unpaired) electrons. The van der Waals surface area contributed by atoms with Crippen molar-refractivity contribution in [2.45, 2.75) is 6.54 Å². The standard InChI is InChI=1S/C10H12BrN3O/c1-15-7-2-3-8-9(6-7)13-14(5-4-12)10(8)11/h2-3,6H,4-5,12H2,1H3. The van der Waals surface area contributed by atoms with Crippen molar-refractivity contribution in [2.24, 2.45) is 5.73 Å². The molecule has 0 aliphatic heterocycles. The molecular formula is C10H12BrN3O. The lowest BCUT2D eigenvalue weighted by atomic mass is 10.2. The van der Waals surface area contributed by atoms with Crippen LogP contribution in [-0.4, -0.2) is 23.4 Å². The summed E-state index contributed by atoms with van der Waals surface area (Å²) in [6.45, 7) is 1.28. The maximum atomic E-state index is 5.50. The first-order valence-corrected chi connectivity index (χ1v) is 5.45. The van der Waals surface area contributed by atoms with Gasteiger partial charge in [-0.1, -0.05) is 0 Å². The SMILES string of the molecule is COc1ccc2c(Br)n(CCN)nc2c1. The van der Waals surface area contributed by atoms with Crippen molar-refractivity contribution in [3.63, 3.8) is 0 Å². The lowest BCUT2D eigenvalue weighted by Crippen LogP contribution is -2.10. The lowest BCUT2D eigenvalue weighted by molar-refractivity contribution is 0.415. The van der Waals surface area contributed by atoms with E-state index >= 15 is 0 Å². The van der Waals surface area contributed by atoms with Gasteiger partial charge in [-0.05, 0) is 28.1 Å². The van der Waals surface area contributed by atoms with Crippen molar-refractivity contribution in [3.8, 4) is 5.75 Å². The van der Waals surface area contributed by atoms with Crippen molar-refractivity contribution in [2.75, 3.05) is 13.7 Å². The van der Waals surface area contributed by atoms with E-state index in [1.807, 2.05) is 22.9 Å².